The molecule has 3 rings (SSSR count). The normalized spacial score (nSPS) is 14.4. The highest BCUT2D eigenvalue weighted by atomic mass is 16.5. The first kappa shape index (κ1) is 17.5. The Morgan fingerprint density at radius 3 is 2.52 bits per heavy atom. The van der Waals surface area contributed by atoms with Crippen molar-refractivity contribution in [3.63, 3.8) is 0 Å². The first-order chi connectivity index (χ1) is 12.1. The third kappa shape index (κ3) is 4.83. The minimum atomic E-state index is 0.0611. The van der Waals surface area contributed by atoms with E-state index in [0.29, 0.717) is 6.42 Å². The lowest BCUT2D eigenvalue weighted by molar-refractivity contribution is -0.116. The molecule has 1 fully saturated rings. The van der Waals surface area contributed by atoms with Crippen LogP contribution in [0, 0.1) is 13.8 Å². The van der Waals surface area contributed by atoms with Crippen molar-refractivity contribution in [3.8, 4) is 0 Å². The quantitative estimate of drug-likeness (QED) is 0.903. The molecule has 0 atom stereocenters. The molecule has 0 aliphatic carbocycles. The molecule has 4 heteroatoms. The zero-order chi connectivity index (χ0) is 17.6. The molecule has 1 saturated heterocycles. The molecule has 132 valence electrons. The van der Waals surface area contributed by atoms with Crippen molar-refractivity contribution in [2.45, 2.75) is 26.7 Å². The van der Waals surface area contributed by atoms with Crippen LogP contribution >= 0.6 is 0 Å². The van der Waals surface area contributed by atoms with Crippen molar-refractivity contribution in [1.29, 1.82) is 0 Å². The predicted molar refractivity (Wildman–Crippen MR) is 102 cm³/mol. The Kier molecular flexibility index (Phi) is 5.71. The maximum Gasteiger partial charge on any atom is 0.224 e. The molecule has 25 heavy (non-hydrogen) atoms. The van der Waals surface area contributed by atoms with E-state index < -0.39 is 0 Å². The van der Waals surface area contributed by atoms with E-state index in [1.807, 2.05) is 26.0 Å². The lowest BCUT2D eigenvalue weighted by atomic mass is 10.1. The van der Waals surface area contributed by atoms with Gasteiger partial charge in [0.15, 0.2) is 0 Å². The number of hydrogen-bond donors (Lipinski definition) is 1. The van der Waals surface area contributed by atoms with Gasteiger partial charge in [0.2, 0.25) is 5.91 Å². The molecule has 1 aliphatic rings. The third-order valence-electron chi connectivity index (χ3n) is 4.62. The van der Waals surface area contributed by atoms with Gasteiger partial charge in [-0.05, 0) is 55.2 Å². The zero-order valence-corrected chi connectivity index (χ0v) is 15.0. The fourth-order valence-electron chi connectivity index (χ4n) is 3.04. The predicted octanol–water partition coefficient (Wildman–Crippen LogP) is 3.71. The second-order valence-corrected chi connectivity index (χ2v) is 6.63. The molecule has 1 N–H and O–H groups in total. The molecule has 1 heterocycles. The van der Waals surface area contributed by atoms with E-state index in [1.165, 1.54) is 11.3 Å². The summed E-state index contributed by atoms with van der Waals surface area (Å²) in [5.74, 6) is 0.0611. The first-order valence-corrected chi connectivity index (χ1v) is 8.90. The van der Waals surface area contributed by atoms with Crippen LogP contribution in [0.5, 0.6) is 0 Å². The van der Waals surface area contributed by atoms with Crippen LogP contribution in [0.3, 0.4) is 0 Å². The molecule has 0 unspecified atom stereocenters. The largest absolute Gasteiger partial charge is 0.378 e. The van der Waals surface area contributed by atoms with Crippen LogP contribution in [0.15, 0.2) is 42.5 Å². The van der Waals surface area contributed by atoms with Crippen LogP contribution in [0.4, 0.5) is 11.4 Å². The molecule has 1 aliphatic heterocycles. The number of ether oxygens (including phenoxy) is 1. The van der Waals surface area contributed by atoms with Crippen LogP contribution in [-0.4, -0.2) is 32.2 Å². The molecule has 2 aromatic rings. The number of rotatable bonds is 5. The van der Waals surface area contributed by atoms with Gasteiger partial charge in [0, 0.05) is 30.9 Å². The maximum atomic E-state index is 12.2. The van der Waals surface area contributed by atoms with Gasteiger partial charge in [0.1, 0.15) is 0 Å². The average Bonchev–Trinajstić information content (AvgIpc) is 2.64. The topological polar surface area (TPSA) is 41.6 Å². The van der Waals surface area contributed by atoms with Crippen LogP contribution in [0.25, 0.3) is 0 Å². The summed E-state index contributed by atoms with van der Waals surface area (Å²) < 4.78 is 5.39. The first-order valence-electron chi connectivity index (χ1n) is 8.90. The van der Waals surface area contributed by atoms with Crippen molar-refractivity contribution in [1.82, 2.24) is 0 Å². The summed E-state index contributed by atoms with van der Waals surface area (Å²) in [5, 5.41) is 3.02. The smallest absolute Gasteiger partial charge is 0.224 e. The summed E-state index contributed by atoms with van der Waals surface area (Å²) in [5.41, 5.74) is 5.57. The summed E-state index contributed by atoms with van der Waals surface area (Å²) in [6, 6.07) is 14.6. The van der Waals surface area contributed by atoms with Gasteiger partial charge >= 0.3 is 0 Å². The Morgan fingerprint density at radius 2 is 1.80 bits per heavy atom. The average molecular weight is 338 g/mol. The van der Waals surface area contributed by atoms with E-state index in [1.54, 1.807) is 0 Å². The van der Waals surface area contributed by atoms with Gasteiger partial charge in [-0.15, -0.1) is 0 Å². The van der Waals surface area contributed by atoms with Gasteiger partial charge in [-0.3, -0.25) is 4.79 Å². The molecule has 0 radical (unpaired) electrons. The van der Waals surface area contributed by atoms with Crippen molar-refractivity contribution in [2.24, 2.45) is 0 Å². The van der Waals surface area contributed by atoms with Crippen LogP contribution in [0.1, 0.15) is 23.1 Å². The molecular formula is C21H26N2O2. The molecule has 0 saturated carbocycles. The molecule has 2 aromatic carbocycles. The van der Waals surface area contributed by atoms with Gasteiger partial charge in [-0.2, -0.15) is 0 Å². The SMILES string of the molecule is Cc1ccc(C)c(NC(=O)CCc2ccc(N3CCOCC3)cc2)c1. The zero-order valence-electron chi connectivity index (χ0n) is 15.0. The highest BCUT2D eigenvalue weighted by molar-refractivity contribution is 5.91. The van der Waals surface area contributed by atoms with E-state index in [2.05, 4.69) is 40.5 Å². The van der Waals surface area contributed by atoms with E-state index in [-0.39, 0.29) is 5.91 Å². The molecule has 1 amide bonds. The molecule has 0 aromatic heterocycles. The standard InChI is InChI=1S/C21H26N2O2/c1-16-3-4-17(2)20(15-16)22-21(24)10-7-18-5-8-19(9-6-18)23-11-13-25-14-12-23/h3-6,8-9,15H,7,10-14H2,1-2H3,(H,22,24). The highest BCUT2D eigenvalue weighted by Crippen LogP contribution is 2.19. The molecule has 0 spiro atoms. The molecule has 0 bridgehead atoms. The van der Waals surface area contributed by atoms with Crippen molar-refractivity contribution in [2.75, 3.05) is 36.5 Å². The number of morpholine rings is 1. The van der Waals surface area contributed by atoms with Crippen LogP contribution < -0.4 is 10.2 Å². The van der Waals surface area contributed by atoms with Gasteiger partial charge in [0.25, 0.3) is 0 Å². The second-order valence-electron chi connectivity index (χ2n) is 6.63. The summed E-state index contributed by atoms with van der Waals surface area (Å²) in [4.78, 5) is 14.6. The number of amides is 1. The summed E-state index contributed by atoms with van der Waals surface area (Å²) in [7, 11) is 0. The fraction of sp³-hybridized carbons (Fsp3) is 0.381. The fourth-order valence-corrected chi connectivity index (χ4v) is 3.04. The second kappa shape index (κ2) is 8.17. The Hall–Kier alpha value is -2.33. The van der Waals surface area contributed by atoms with E-state index in [4.69, 9.17) is 4.74 Å². The van der Waals surface area contributed by atoms with E-state index >= 15 is 0 Å². The molecule has 4 nitrogen and oxygen atoms in total. The van der Waals surface area contributed by atoms with E-state index in [0.717, 1.165) is 49.5 Å². The third-order valence-corrected chi connectivity index (χ3v) is 4.62. The maximum absolute atomic E-state index is 12.2. The number of carbonyl (C=O) groups is 1. The van der Waals surface area contributed by atoms with Crippen LogP contribution in [0.2, 0.25) is 0 Å². The van der Waals surface area contributed by atoms with E-state index in [9.17, 15) is 4.79 Å². The number of anilines is 2. The van der Waals surface area contributed by atoms with Crippen molar-refractivity contribution in [3.05, 3.63) is 59.2 Å². The van der Waals surface area contributed by atoms with Crippen molar-refractivity contribution < 1.29 is 9.53 Å². The number of aryl methyl sites for hydroxylation is 3. The van der Waals surface area contributed by atoms with Gasteiger partial charge in [-0.1, -0.05) is 24.3 Å². The minimum Gasteiger partial charge on any atom is -0.378 e. The van der Waals surface area contributed by atoms with Crippen molar-refractivity contribution >= 4 is 17.3 Å². The van der Waals surface area contributed by atoms with Crippen LogP contribution in [-0.2, 0) is 16.0 Å². The Bertz CT molecular complexity index is 719. The van der Waals surface area contributed by atoms with Gasteiger partial charge < -0.3 is 15.0 Å². The summed E-state index contributed by atoms with van der Waals surface area (Å²) in [6.07, 6.45) is 1.24. The monoisotopic (exact) mass is 338 g/mol. The lowest BCUT2D eigenvalue weighted by Crippen LogP contribution is -2.36. The molecular weight excluding hydrogens is 312 g/mol. The van der Waals surface area contributed by atoms with Gasteiger partial charge in [-0.25, -0.2) is 0 Å². The van der Waals surface area contributed by atoms with Gasteiger partial charge in [0.05, 0.1) is 13.2 Å². The number of benzene rings is 2. The lowest BCUT2D eigenvalue weighted by Gasteiger charge is -2.28. The summed E-state index contributed by atoms with van der Waals surface area (Å²) in [6.45, 7) is 7.51. The Morgan fingerprint density at radius 1 is 1.08 bits per heavy atom. The number of hydrogen-bond acceptors (Lipinski definition) is 3. The Balaban J connectivity index is 1.52. The summed E-state index contributed by atoms with van der Waals surface area (Å²) >= 11 is 0. The number of nitrogens with one attached hydrogen (secondary N) is 1. The number of nitrogens with zero attached hydrogens (tertiary/aromatic N) is 1. The number of carbonyl (C=O) groups excluding carboxylic acids is 1. The Labute approximate surface area is 149 Å². The minimum absolute atomic E-state index is 0.0611. The highest BCUT2D eigenvalue weighted by Gasteiger charge is 2.11.